The second-order valence-corrected chi connectivity index (χ2v) is 7.10. The lowest BCUT2D eigenvalue weighted by atomic mass is 9.98. The van der Waals surface area contributed by atoms with Gasteiger partial charge in [-0.25, -0.2) is 4.79 Å². The molecule has 3 aromatic carbocycles. The Labute approximate surface area is 176 Å². The molecule has 0 bridgehead atoms. The lowest BCUT2D eigenvalue weighted by Crippen LogP contribution is -2.26. The number of methoxy groups -OCH3 is 1. The van der Waals surface area contributed by atoms with Crippen molar-refractivity contribution in [3.63, 3.8) is 0 Å². The number of carbonyl (C=O) groups excluding carboxylic acids is 1. The Kier molecular flexibility index (Phi) is 5.70. The Bertz CT molecular complexity index is 1050. The minimum absolute atomic E-state index is 0.0512. The fourth-order valence-corrected chi connectivity index (χ4v) is 3.80. The van der Waals surface area contributed by atoms with E-state index in [1.807, 2.05) is 48.6 Å². The molecule has 0 spiro atoms. The zero-order valence-electron chi connectivity index (χ0n) is 16.8. The molecule has 0 saturated heterocycles. The molecular formula is C25H24N2O3. The number of anilines is 1. The maximum atomic E-state index is 12.2. The lowest BCUT2D eigenvalue weighted by Gasteiger charge is -2.14. The summed E-state index contributed by atoms with van der Waals surface area (Å²) in [4.78, 5) is 12.2. The summed E-state index contributed by atoms with van der Waals surface area (Å²) in [5, 5.41) is 2.75. The molecule has 0 unspecified atom stereocenters. The smallest absolute Gasteiger partial charge is 0.407 e. The van der Waals surface area contributed by atoms with Gasteiger partial charge < -0.3 is 20.5 Å². The van der Waals surface area contributed by atoms with Crippen molar-refractivity contribution in [1.29, 1.82) is 0 Å². The molecule has 5 nitrogen and oxygen atoms in total. The van der Waals surface area contributed by atoms with Crippen molar-refractivity contribution in [3.05, 3.63) is 89.5 Å². The second kappa shape index (κ2) is 8.74. The van der Waals surface area contributed by atoms with E-state index >= 15 is 0 Å². The fraction of sp³-hybridized carbons (Fsp3) is 0.160. The van der Waals surface area contributed by atoms with Crippen LogP contribution < -0.4 is 15.8 Å². The summed E-state index contributed by atoms with van der Waals surface area (Å²) < 4.78 is 10.7. The maximum absolute atomic E-state index is 12.2. The van der Waals surface area contributed by atoms with Gasteiger partial charge in [0, 0.05) is 23.7 Å². The molecule has 0 aliphatic heterocycles. The first-order chi connectivity index (χ1) is 14.7. The molecular weight excluding hydrogens is 376 g/mol. The highest BCUT2D eigenvalue weighted by molar-refractivity contribution is 5.79. The third kappa shape index (κ3) is 4.01. The summed E-state index contributed by atoms with van der Waals surface area (Å²) in [6.07, 6.45) is 3.23. The molecule has 0 aromatic heterocycles. The molecule has 0 atom stereocenters. The van der Waals surface area contributed by atoms with Gasteiger partial charge in [-0.3, -0.25) is 0 Å². The number of nitrogens with two attached hydrogens (primary N) is 1. The fourth-order valence-electron chi connectivity index (χ4n) is 3.80. The van der Waals surface area contributed by atoms with Gasteiger partial charge in [0.15, 0.2) is 0 Å². The highest BCUT2D eigenvalue weighted by atomic mass is 16.5. The van der Waals surface area contributed by atoms with Crippen LogP contribution in [0, 0.1) is 0 Å². The molecule has 3 aromatic rings. The van der Waals surface area contributed by atoms with Crippen LogP contribution in [0.5, 0.6) is 5.75 Å². The predicted octanol–water partition coefficient (Wildman–Crippen LogP) is 4.83. The third-order valence-corrected chi connectivity index (χ3v) is 5.30. The van der Waals surface area contributed by atoms with Crippen molar-refractivity contribution in [2.45, 2.75) is 5.92 Å². The molecule has 0 saturated carbocycles. The summed E-state index contributed by atoms with van der Waals surface area (Å²) in [6.45, 7) is 0.639. The van der Waals surface area contributed by atoms with Gasteiger partial charge in [0.2, 0.25) is 0 Å². The first kappa shape index (κ1) is 19.6. The van der Waals surface area contributed by atoms with Crippen molar-refractivity contribution in [3.8, 4) is 16.9 Å². The molecule has 3 N–H and O–H groups in total. The second-order valence-electron chi connectivity index (χ2n) is 7.10. The van der Waals surface area contributed by atoms with E-state index in [4.69, 9.17) is 15.2 Å². The Morgan fingerprint density at radius 3 is 2.37 bits per heavy atom. The number of amides is 1. The van der Waals surface area contributed by atoms with Crippen LogP contribution in [-0.4, -0.2) is 26.4 Å². The Morgan fingerprint density at radius 1 is 1.03 bits per heavy atom. The minimum Gasteiger partial charge on any atom is -0.497 e. The van der Waals surface area contributed by atoms with Crippen molar-refractivity contribution in [1.82, 2.24) is 5.32 Å². The van der Waals surface area contributed by atoms with E-state index in [1.54, 1.807) is 13.2 Å². The molecule has 30 heavy (non-hydrogen) atoms. The molecule has 0 fully saturated rings. The number of rotatable bonds is 6. The van der Waals surface area contributed by atoms with E-state index in [9.17, 15) is 4.79 Å². The number of benzene rings is 3. The van der Waals surface area contributed by atoms with Crippen LogP contribution in [0.25, 0.3) is 17.2 Å². The maximum Gasteiger partial charge on any atom is 0.407 e. The summed E-state index contributed by atoms with van der Waals surface area (Å²) in [6, 6.07) is 22.0. The van der Waals surface area contributed by atoms with Crippen LogP contribution in [-0.2, 0) is 4.74 Å². The highest BCUT2D eigenvalue weighted by Gasteiger charge is 2.28. The van der Waals surface area contributed by atoms with E-state index in [1.165, 1.54) is 22.3 Å². The van der Waals surface area contributed by atoms with Gasteiger partial charge in [0.05, 0.1) is 7.11 Å². The third-order valence-electron chi connectivity index (χ3n) is 5.30. The lowest BCUT2D eigenvalue weighted by molar-refractivity contribution is 0.144. The topological polar surface area (TPSA) is 73.6 Å². The molecule has 1 aliphatic carbocycles. The summed E-state index contributed by atoms with van der Waals surface area (Å²) >= 11 is 0. The van der Waals surface area contributed by atoms with Crippen molar-refractivity contribution in [2.75, 3.05) is 26.0 Å². The van der Waals surface area contributed by atoms with Crippen molar-refractivity contribution < 1.29 is 14.3 Å². The van der Waals surface area contributed by atoms with Crippen molar-refractivity contribution in [2.24, 2.45) is 0 Å². The van der Waals surface area contributed by atoms with E-state index in [2.05, 4.69) is 29.6 Å². The van der Waals surface area contributed by atoms with Crippen LogP contribution in [0.4, 0.5) is 10.5 Å². The normalized spacial score (nSPS) is 12.4. The summed E-state index contributed by atoms with van der Waals surface area (Å²) in [5.41, 5.74) is 12.3. The predicted molar refractivity (Wildman–Crippen MR) is 120 cm³/mol. The standard InChI is InChI=1S/C25H24N2O3/c1-29-18-12-13-24(26)17(15-18)7-6-14-27-25(28)30-16-23-21-10-4-2-8-19(21)20-9-3-5-11-22(20)23/h2-13,15,23H,14,16,26H2,1H3,(H,27,28). The van der Waals surface area contributed by atoms with Gasteiger partial charge in [-0.1, -0.05) is 60.7 Å². The number of alkyl carbamates (subject to hydrolysis) is 1. The average Bonchev–Trinajstić information content (AvgIpc) is 3.10. The number of carbonyl (C=O) groups is 1. The first-order valence-electron chi connectivity index (χ1n) is 9.86. The molecule has 0 radical (unpaired) electrons. The largest absolute Gasteiger partial charge is 0.497 e. The van der Waals surface area contributed by atoms with Gasteiger partial charge in [-0.05, 0) is 40.5 Å². The molecule has 0 heterocycles. The van der Waals surface area contributed by atoms with Gasteiger partial charge >= 0.3 is 6.09 Å². The average molecular weight is 400 g/mol. The molecule has 1 aliphatic rings. The Hall–Kier alpha value is -3.73. The molecule has 5 heteroatoms. The summed E-state index contributed by atoms with van der Waals surface area (Å²) in [7, 11) is 1.61. The molecule has 152 valence electrons. The quantitative estimate of drug-likeness (QED) is 0.581. The van der Waals surface area contributed by atoms with Crippen LogP contribution in [0.1, 0.15) is 22.6 Å². The van der Waals surface area contributed by atoms with Crippen molar-refractivity contribution >= 4 is 17.9 Å². The zero-order valence-corrected chi connectivity index (χ0v) is 16.8. The number of nitrogens with one attached hydrogen (secondary N) is 1. The Morgan fingerprint density at radius 2 is 1.70 bits per heavy atom. The minimum atomic E-state index is -0.444. The van der Waals surface area contributed by atoms with E-state index in [0.717, 1.165) is 11.3 Å². The van der Waals surface area contributed by atoms with E-state index in [0.29, 0.717) is 18.8 Å². The molecule has 4 rings (SSSR count). The van der Waals surface area contributed by atoms with Gasteiger partial charge in [0.1, 0.15) is 12.4 Å². The van der Waals surface area contributed by atoms with Gasteiger partial charge in [-0.2, -0.15) is 0 Å². The zero-order chi connectivity index (χ0) is 20.9. The first-order valence-corrected chi connectivity index (χ1v) is 9.86. The number of nitrogen functional groups attached to an aromatic ring is 1. The van der Waals surface area contributed by atoms with E-state index in [-0.39, 0.29) is 5.92 Å². The van der Waals surface area contributed by atoms with Gasteiger partial charge in [-0.15, -0.1) is 0 Å². The number of ether oxygens (including phenoxy) is 2. The number of hydrogen-bond acceptors (Lipinski definition) is 4. The van der Waals surface area contributed by atoms with E-state index < -0.39 is 6.09 Å². The SMILES string of the molecule is COc1ccc(N)c(C=CCNC(=O)OCC2c3ccccc3-c3ccccc32)c1. The highest BCUT2D eigenvalue weighted by Crippen LogP contribution is 2.44. The number of fused-ring (bicyclic) bond motifs is 3. The van der Waals surface area contributed by atoms with Crippen LogP contribution >= 0.6 is 0 Å². The monoisotopic (exact) mass is 400 g/mol. The van der Waals surface area contributed by atoms with Crippen LogP contribution in [0.2, 0.25) is 0 Å². The Balaban J connectivity index is 1.34. The van der Waals surface area contributed by atoms with Crippen LogP contribution in [0.3, 0.4) is 0 Å². The van der Waals surface area contributed by atoms with Crippen LogP contribution in [0.15, 0.2) is 72.8 Å². The summed E-state index contributed by atoms with van der Waals surface area (Å²) in [5.74, 6) is 0.781. The van der Waals surface area contributed by atoms with Gasteiger partial charge in [0.25, 0.3) is 0 Å². The molecule has 1 amide bonds. The number of hydrogen-bond donors (Lipinski definition) is 2.